The van der Waals surface area contributed by atoms with E-state index in [9.17, 15) is 4.79 Å². The van der Waals surface area contributed by atoms with E-state index in [0.717, 1.165) is 36.9 Å². The highest BCUT2D eigenvalue weighted by Gasteiger charge is 2.27. The van der Waals surface area contributed by atoms with E-state index in [1.807, 2.05) is 23.9 Å². The molecule has 108 valence electrons. The van der Waals surface area contributed by atoms with E-state index >= 15 is 0 Å². The van der Waals surface area contributed by atoms with Crippen LogP contribution in [0.1, 0.15) is 30.3 Å². The van der Waals surface area contributed by atoms with Crippen molar-refractivity contribution in [3.8, 4) is 0 Å². The Morgan fingerprint density at radius 2 is 2.16 bits per heavy atom. The van der Waals surface area contributed by atoms with Crippen LogP contribution >= 0.6 is 28.3 Å². The van der Waals surface area contributed by atoms with Crippen LogP contribution in [-0.4, -0.2) is 30.1 Å². The molecule has 1 saturated heterocycles. The molecule has 0 unspecified atom stereocenters. The fourth-order valence-corrected chi connectivity index (χ4v) is 2.87. The lowest BCUT2D eigenvalue weighted by Gasteiger charge is -2.34. The fraction of sp³-hybridized carbons (Fsp3) is 0.615. The highest BCUT2D eigenvalue weighted by atomic mass is 79.9. The topological polar surface area (TPSA) is 46.1 Å². The molecule has 0 aliphatic carbocycles. The quantitative estimate of drug-likeness (QED) is 0.879. The van der Waals surface area contributed by atoms with Gasteiger partial charge in [0.25, 0.3) is 5.91 Å². The molecule has 1 fully saturated rings. The summed E-state index contributed by atoms with van der Waals surface area (Å²) in [6, 6.07) is 1.85. The summed E-state index contributed by atoms with van der Waals surface area (Å²) in [6.45, 7) is 5.08. The summed E-state index contributed by atoms with van der Waals surface area (Å²) >= 11 is 3.38. The lowest BCUT2D eigenvalue weighted by atomic mass is 9.81. The molecule has 1 amide bonds. The molecule has 0 radical (unpaired) electrons. The maximum atomic E-state index is 12.1. The normalized spacial score (nSPS) is 17.6. The summed E-state index contributed by atoms with van der Waals surface area (Å²) in [5, 5.41) is 6.40. The van der Waals surface area contributed by atoms with E-state index in [-0.39, 0.29) is 23.7 Å². The van der Waals surface area contributed by atoms with Crippen LogP contribution in [0.3, 0.4) is 0 Å². The van der Waals surface area contributed by atoms with E-state index in [1.165, 1.54) is 0 Å². The lowest BCUT2D eigenvalue weighted by Crippen LogP contribution is -2.43. The number of hydrogen-bond acceptors (Lipinski definition) is 2. The molecule has 19 heavy (non-hydrogen) atoms. The van der Waals surface area contributed by atoms with Crippen LogP contribution in [0.2, 0.25) is 0 Å². The Hall–Kier alpha value is -0.520. The smallest absolute Gasteiger partial charge is 0.267 e. The van der Waals surface area contributed by atoms with Crippen molar-refractivity contribution >= 4 is 34.2 Å². The minimum atomic E-state index is 0. The van der Waals surface area contributed by atoms with Crippen molar-refractivity contribution in [2.45, 2.75) is 19.8 Å². The Morgan fingerprint density at radius 3 is 2.68 bits per heavy atom. The van der Waals surface area contributed by atoms with Crippen LogP contribution in [0.4, 0.5) is 0 Å². The zero-order valence-electron chi connectivity index (χ0n) is 11.3. The lowest BCUT2D eigenvalue weighted by molar-refractivity contribution is 0.0914. The molecule has 2 heterocycles. The standard InChI is InChI=1S/C13H20BrN3O.ClH/c1-13(3-5-15-6-4-13)9-16-12(18)11-7-10(14)8-17(11)2;/h7-8,15H,3-6,9H2,1-2H3,(H,16,18);1H. The van der Waals surface area contributed by atoms with Gasteiger partial charge in [-0.2, -0.15) is 0 Å². The molecule has 2 N–H and O–H groups in total. The van der Waals surface area contributed by atoms with Crippen LogP contribution in [-0.2, 0) is 7.05 Å². The van der Waals surface area contributed by atoms with Crippen LogP contribution in [0.15, 0.2) is 16.7 Å². The summed E-state index contributed by atoms with van der Waals surface area (Å²) in [6.07, 6.45) is 4.12. The van der Waals surface area contributed by atoms with Gasteiger partial charge in [-0.1, -0.05) is 6.92 Å². The Bertz CT molecular complexity index is 441. The van der Waals surface area contributed by atoms with Gasteiger partial charge in [0.15, 0.2) is 0 Å². The number of aryl methyl sites for hydroxylation is 1. The largest absolute Gasteiger partial charge is 0.350 e. The summed E-state index contributed by atoms with van der Waals surface area (Å²) in [5.41, 5.74) is 0.919. The predicted octanol–water partition coefficient (Wildman–Crippen LogP) is 2.33. The zero-order chi connectivity index (χ0) is 13.2. The molecule has 6 heteroatoms. The van der Waals surface area contributed by atoms with Crippen molar-refractivity contribution in [1.82, 2.24) is 15.2 Å². The molecule has 1 aromatic rings. The van der Waals surface area contributed by atoms with Gasteiger partial charge >= 0.3 is 0 Å². The van der Waals surface area contributed by atoms with Gasteiger partial charge < -0.3 is 15.2 Å². The first-order valence-electron chi connectivity index (χ1n) is 6.31. The first-order chi connectivity index (χ1) is 8.50. The Labute approximate surface area is 128 Å². The molecule has 0 aromatic carbocycles. The van der Waals surface area contributed by atoms with Crippen molar-refractivity contribution in [1.29, 1.82) is 0 Å². The van der Waals surface area contributed by atoms with Crippen molar-refractivity contribution in [2.75, 3.05) is 19.6 Å². The summed E-state index contributed by atoms with van der Waals surface area (Å²) < 4.78 is 2.77. The van der Waals surface area contributed by atoms with Gasteiger partial charge in [0.05, 0.1) is 0 Å². The molecule has 2 rings (SSSR count). The number of carbonyl (C=O) groups excluding carboxylic acids is 1. The molecule has 0 saturated carbocycles. The number of halogens is 2. The van der Waals surface area contributed by atoms with Crippen LogP contribution in [0.5, 0.6) is 0 Å². The first kappa shape index (κ1) is 16.5. The predicted molar refractivity (Wildman–Crippen MR) is 82.9 cm³/mol. The van der Waals surface area contributed by atoms with Crippen LogP contribution in [0, 0.1) is 5.41 Å². The minimum Gasteiger partial charge on any atom is -0.350 e. The summed E-state index contributed by atoms with van der Waals surface area (Å²) in [5.74, 6) is 0.00274. The third-order valence-corrected chi connectivity index (χ3v) is 4.12. The third kappa shape index (κ3) is 4.23. The van der Waals surface area contributed by atoms with E-state index in [0.29, 0.717) is 5.69 Å². The average Bonchev–Trinajstić information content (AvgIpc) is 2.67. The number of amides is 1. The maximum Gasteiger partial charge on any atom is 0.267 e. The molecule has 1 aromatic heterocycles. The first-order valence-corrected chi connectivity index (χ1v) is 7.10. The Morgan fingerprint density at radius 1 is 1.53 bits per heavy atom. The van der Waals surface area contributed by atoms with Crippen molar-refractivity contribution in [3.05, 3.63) is 22.4 Å². The Balaban J connectivity index is 0.00000180. The second-order valence-electron chi connectivity index (χ2n) is 5.40. The van der Waals surface area contributed by atoms with Gasteiger partial charge in [-0.25, -0.2) is 0 Å². The number of rotatable bonds is 3. The van der Waals surface area contributed by atoms with Gasteiger partial charge in [0, 0.05) is 24.3 Å². The van der Waals surface area contributed by atoms with Crippen LogP contribution in [0.25, 0.3) is 0 Å². The zero-order valence-corrected chi connectivity index (χ0v) is 13.7. The molecular formula is C13H21BrClN3O. The number of aromatic nitrogens is 1. The van der Waals surface area contributed by atoms with Crippen LogP contribution < -0.4 is 10.6 Å². The van der Waals surface area contributed by atoms with Crippen molar-refractivity contribution in [2.24, 2.45) is 12.5 Å². The molecule has 0 atom stereocenters. The van der Waals surface area contributed by atoms with E-state index < -0.39 is 0 Å². The van der Waals surface area contributed by atoms with Gasteiger partial charge in [-0.3, -0.25) is 4.79 Å². The highest BCUT2D eigenvalue weighted by molar-refractivity contribution is 9.10. The third-order valence-electron chi connectivity index (χ3n) is 3.69. The van der Waals surface area contributed by atoms with Crippen molar-refractivity contribution < 1.29 is 4.79 Å². The number of hydrogen-bond donors (Lipinski definition) is 2. The number of piperidine rings is 1. The van der Waals surface area contributed by atoms with Gasteiger partial charge in [0.2, 0.25) is 0 Å². The molecule has 4 nitrogen and oxygen atoms in total. The van der Waals surface area contributed by atoms with E-state index in [2.05, 4.69) is 33.5 Å². The van der Waals surface area contributed by atoms with E-state index in [1.54, 1.807) is 0 Å². The second kappa shape index (κ2) is 6.77. The van der Waals surface area contributed by atoms with Gasteiger partial charge in [0.1, 0.15) is 5.69 Å². The summed E-state index contributed by atoms with van der Waals surface area (Å²) in [4.78, 5) is 12.1. The Kier molecular flexibility index (Phi) is 5.89. The molecule has 1 aliphatic rings. The molecule has 1 aliphatic heterocycles. The SMILES string of the molecule is Cl.Cn1cc(Br)cc1C(=O)NCC1(C)CCNCC1. The molecule has 0 spiro atoms. The average molecular weight is 351 g/mol. The number of nitrogens with one attached hydrogen (secondary N) is 2. The van der Waals surface area contributed by atoms with E-state index in [4.69, 9.17) is 0 Å². The highest BCUT2D eigenvalue weighted by Crippen LogP contribution is 2.26. The number of carbonyl (C=O) groups is 1. The summed E-state index contributed by atoms with van der Waals surface area (Å²) in [7, 11) is 1.88. The van der Waals surface area contributed by atoms with Gasteiger partial charge in [-0.15, -0.1) is 12.4 Å². The molecule has 0 bridgehead atoms. The molecular weight excluding hydrogens is 330 g/mol. The second-order valence-corrected chi connectivity index (χ2v) is 6.31. The fourth-order valence-electron chi connectivity index (χ4n) is 2.34. The minimum absolute atomic E-state index is 0. The monoisotopic (exact) mass is 349 g/mol. The van der Waals surface area contributed by atoms with Crippen molar-refractivity contribution in [3.63, 3.8) is 0 Å². The number of nitrogens with zero attached hydrogens (tertiary/aromatic N) is 1. The van der Waals surface area contributed by atoms with Gasteiger partial charge in [-0.05, 0) is 53.3 Å². The maximum absolute atomic E-state index is 12.1.